The van der Waals surface area contributed by atoms with Gasteiger partial charge in [0, 0.05) is 5.56 Å². The molecular formula is C21H20F3N3O4S. The lowest BCUT2D eigenvalue weighted by atomic mass is 10.1. The van der Waals surface area contributed by atoms with Crippen LogP contribution in [0.25, 0.3) is 10.2 Å². The highest BCUT2D eigenvalue weighted by molar-refractivity contribution is 7.22. The molecule has 0 aliphatic heterocycles. The zero-order chi connectivity index (χ0) is 23.5. The fraction of sp³-hybridized carbons (Fsp3) is 0.286. The van der Waals surface area contributed by atoms with E-state index in [1.807, 2.05) is 0 Å². The maximum atomic E-state index is 14.3. The summed E-state index contributed by atoms with van der Waals surface area (Å²) in [6, 6.07) is 10.9. The molecular weight excluding hydrogens is 447 g/mol. The molecule has 3 rings (SSSR count). The monoisotopic (exact) mass is 467 g/mol. The van der Waals surface area contributed by atoms with E-state index in [-0.39, 0.29) is 10.7 Å². The average molecular weight is 467 g/mol. The van der Waals surface area contributed by atoms with E-state index in [2.05, 4.69) is 15.0 Å². The second-order valence-electron chi connectivity index (χ2n) is 6.71. The minimum absolute atomic E-state index is 0.0162. The van der Waals surface area contributed by atoms with Crippen molar-refractivity contribution in [1.82, 2.24) is 10.3 Å². The van der Waals surface area contributed by atoms with Crippen LogP contribution in [0, 0.1) is 6.92 Å². The van der Waals surface area contributed by atoms with Gasteiger partial charge in [0.25, 0.3) is 5.91 Å². The number of benzene rings is 2. The molecule has 0 aliphatic rings. The molecule has 32 heavy (non-hydrogen) atoms. The van der Waals surface area contributed by atoms with Gasteiger partial charge in [-0.2, -0.15) is 13.2 Å². The van der Waals surface area contributed by atoms with Gasteiger partial charge in [-0.1, -0.05) is 29.5 Å². The van der Waals surface area contributed by atoms with Crippen LogP contribution in [0.4, 0.5) is 18.3 Å². The second-order valence-corrected chi connectivity index (χ2v) is 7.75. The fourth-order valence-corrected chi connectivity index (χ4v) is 3.93. The minimum Gasteiger partial charge on any atom is -0.494 e. The van der Waals surface area contributed by atoms with Gasteiger partial charge in [0.2, 0.25) is 0 Å². The number of ether oxygens (including phenoxy) is 2. The Labute approximate surface area is 185 Å². The highest BCUT2D eigenvalue weighted by Gasteiger charge is 2.64. The third-order valence-corrected chi connectivity index (χ3v) is 5.51. The molecule has 11 heteroatoms. The van der Waals surface area contributed by atoms with Crippen LogP contribution < -0.4 is 15.4 Å². The molecule has 0 unspecified atom stereocenters. The Bertz CT molecular complexity index is 1150. The summed E-state index contributed by atoms with van der Waals surface area (Å²) in [5.41, 5.74) is -2.74. The molecule has 0 radical (unpaired) electrons. The van der Waals surface area contributed by atoms with Gasteiger partial charge in [-0.15, -0.1) is 0 Å². The number of anilines is 1. The molecule has 1 aromatic heterocycles. The molecule has 0 aliphatic carbocycles. The summed E-state index contributed by atoms with van der Waals surface area (Å²) in [5, 5.41) is 3.64. The number of esters is 1. The van der Waals surface area contributed by atoms with E-state index in [9.17, 15) is 22.8 Å². The van der Waals surface area contributed by atoms with Crippen LogP contribution in [-0.4, -0.2) is 42.4 Å². The number of alkyl halides is 3. The van der Waals surface area contributed by atoms with E-state index in [4.69, 9.17) is 4.74 Å². The van der Waals surface area contributed by atoms with E-state index >= 15 is 0 Å². The van der Waals surface area contributed by atoms with Crippen LogP contribution in [0.1, 0.15) is 22.8 Å². The van der Waals surface area contributed by atoms with Crippen LogP contribution >= 0.6 is 11.3 Å². The number of nitrogens with one attached hydrogen (secondary N) is 2. The molecule has 0 saturated carbocycles. The molecule has 0 spiro atoms. The summed E-state index contributed by atoms with van der Waals surface area (Å²) >= 11 is 0.873. The number of carbonyl (C=O) groups is 2. The number of thiazole rings is 1. The van der Waals surface area contributed by atoms with Crippen molar-refractivity contribution in [2.75, 3.05) is 19.0 Å². The van der Waals surface area contributed by atoms with Gasteiger partial charge in [-0.05, 0) is 43.7 Å². The lowest BCUT2D eigenvalue weighted by Crippen LogP contribution is -2.69. The van der Waals surface area contributed by atoms with Crippen molar-refractivity contribution in [3.63, 3.8) is 0 Å². The first-order valence-electron chi connectivity index (χ1n) is 9.46. The van der Waals surface area contributed by atoms with Crippen LogP contribution in [-0.2, 0) is 9.53 Å². The number of hydrogen-bond donors (Lipinski definition) is 2. The Morgan fingerprint density at radius 2 is 1.88 bits per heavy atom. The maximum Gasteiger partial charge on any atom is 0.442 e. The first-order valence-corrected chi connectivity index (χ1v) is 10.3. The fourth-order valence-electron chi connectivity index (χ4n) is 2.98. The average Bonchev–Trinajstić information content (AvgIpc) is 3.13. The summed E-state index contributed by atoms with van der Waals surface area (Å²) in [7, 11) is 0.803. The molecule has 3 aromatic rings. The molecule has 0 fully saturated rings. The highest BCUT2D eigenvalue weighted by Crippen LogP contribution is 2.36. The number of amides is 1. The van der Waals surface area contributed by atoms with Gasteiger partial charge in [-0.3, -0.25) is 4.79 Å². The van der Waals surface area contributed by atoms with Crippen LogP contribution in [0.5, 0.6) is 5.75 Å². The number of carbonyl (C=O) groups excluding carboxylic acids is 2. The number of rotatable bonds is 7. The first kappa shape index (κ1) is 23.3. The molecule has 1 heterocycles. The first-order chi connectivity index (χ1) is 15.1. The number of fused-ring (bicyclic) bond motifs is 1. The van der Waals surface area contributed by atoms with Crippen molar-refractivity contribution < 1.29 is 32.2 Å². The Morgan fingerprint density at radius 3 is 2.50 bits per heavy atom. The lowest BCUT2D eigenvalue weighted by molar-refractivity contribution is -0.203. The van der Waals surface area contributed by atoms with Crippen molar-refractivity contribution in [2.45, 2.75) is 25.7 Å². The summed E-state index contributed by atoms with van der Waals surface area (Å²) in [4.78, 5) is 29.3. The molecule has 7 nitrogen and oxygen atoms in total. The topological polar surface area (TPSA) is 89.5 Å². The smallest absolute Gasteiger partial charge is 0.442 e. The van der Waals surface area contributed by atoms with E-state index in [1.165, 1.54) is 12.1 Å². The third kappa shape index (κ3) is 4.47. The summed E-state index contributed by atoms with van der Waals surface area (Å²) in [6.07, 6.45) is -5.26. The summed E-state index contributed by atoms with van der Waals surface area (Å²) in [6.45, 7) is 3.79. The Kier molecular flexibility index (Phi) is 6.58. The molecule has 1 atom stereocenters. The number of hydrogen-bond acceptors (Lipinski definition) is 7. The van der Waals surface area contributed by atoms with Gasteiger partial charge >= 0.3 is 17.8 Å². The van der Waals surface area contributed by atoms with Crippen LogP contribution in [0.3, 0.4) is 0 Å². The Hall–Kier alpha value is -3.34. The number of aromatic nitrogens is 1. The van der Waals surface area contributed by atoms with Crippen molar-refractivity contribution in [2.24, 2.45) is 0 Å². The van der Waals surface area contributed by atoms with Crippen molar-refractivity contribution >= 4 is 38.6 Å². The van der Waals surface area contributed by atoms with Crippen LogP contribution in [0.15, 0.2) is 42.5 Å². The number of aryl methyl sites for hydroxylation is 1. The van der Waals surface area contributed by atoms with E-state index in [0.717, 1.165) is 18.4 Å². The summed E-state index contributed by atoms with van der Waals surface area (Å²) < 4.78 is 53.2. The van der Waals surface area contributed by atoms with Crippen molar-refractivity contribution in [3.8, 4) is 5.75 Å². The van der Waals surface area contributed by atoms with Crippen molar-refractivity contribution in [3.05, 3.63) is 53.6 Å². The van der Waals surface area contributed by atoms with Crippen LogP contribution in [0.2, 0.25) is 0 Å². The van der Waals surface area contributed by atoms with E-state index < -0.39 is 23.7 Å². The zero-order valence-corrected chi connectivity index (χ0v) is 18.2. The number of methoxy groups -OCH3 is 1. The predicted molar refractivity (Wildman–Crippen MR) is 114 cm³/mol. The summed E-state index contributed by atoms with van der Waals surface area (Å²) in [5.74, 6) is -2.31. The second kappa shape index (κ2) is 9.03. The minimum atomic E-state index is -5.26. The van der Waals surface area contributed by atoms with Gasteiger partial charge < -0.3 is 20.1 Å². The van der Waals surface area contributed by atoms with E-state index in [0.29, 0.717) is 28.1 Å². The Morgan fingerprint density at radius 1 is 1.16 bits per heavy atom. The SMILES string of the molecule is CCOc1ccc2nc(N[C@@](NC(=O)c3ccccc3C)(C(=O)OC)C(F)(F)F)sc2c1. The molecule has 2 N–H and O–H groups in total. The molecule has 0 bridgehead atoms. The molecule has 0 saturated heterocycles. The lowest BCUT2D eigenvalue weighted by Gasteiger charge is -2.34. The quantitative estimate of drug-likeness (QED) is 0.398. The highest BCUT2D eigenvalue weighted by atomic mass is 32.1. The van der Waals surface area contributed by atoms with E-state index in [1.54, 1.807) is 49.5 Å². The standard InChI is InChI=1S/C21H20F3N3O4S/c1-4-31-13-9-10-15-16(11-13)32-19(25-15)27-20(18(29)30-3,21(22,23)24)26-17(28)14-8-6-5-7-12(14)2/h5-11H,4H2,1-3H3,(H,25,27)(H,26,28)/t20-/m0/s1. The Balaban J connectivity index is 2.04. The number of halogens is 3. The van der Waals surface area contributed by atoms with Gasteiger partial charge in [0.05, 0.1) is 23.9 Å². The largest absolute Gasteiger partial charge is 0.494 e. The molecule has 170 valence electrons. The van der Waals surface area contributed by atoms with Crippen molar-refractivity contribution in [1.29, 1.82) is 0 Å². The normalized spacial score (nSPS) is 13.3. The zero-order valence-electron chi connectivity index (χ0n) is 17.4. The third-order valence-electron chi connectivity index (χ3n) is 4.57. The number of nitrogens with zero attached hydrogens (tertiary/aromatic N) is 1. The molecule has 1 amide bonds. The van der Waals surface area contributed by atoms with Gasteiger partial charge in [0.1, 0.15) is 5.75 Å². The molecule has 2 aromatic carbocycles. The maximum absolute atomic E-state index is 14.3. The predicted octanol–water partition coefficient (Wildman–Crippen LogP) is 4.28. The van der Waals surface area contributed by atoms with Gasteiger partial charge in [-0.25, -0.2) is 9.78 Å². The van der Waals surface area contributed by atoms with Gasteiger partial charge in [0.15, 0.2) is 5.13 Å².